The zero-order chi connectivity index (χ0) is 15.1. The molecule has 1 aromatic heterocycles. The molecule has 20 heavy (non-hydrogen) atoms. The van der Waals surface area contributed by atoms with Gasteiger partial charge in [-0.25, -0.2) is 9.18 Å². The molecule has 112 valence electrons. The van der Waals surface area contributed by atoms with Gasteiger partial charge in [-0.05, 0) is 11.5 Å². The molecule has 0 aliphatic carbocycles. The van der Waals surface area contributed by atoms with Crippen LogP contribution >= 0.6 is 0 Å². The van der Waals surface area contributed by atoms with Crippen molar-refractivity contribution in [2.24, 2.45) is 11.3 Å². The summed E-state index contributed by atoms with van der Waals surface area (Å²) >= 11 is 0. The molecule has 1 aromatic rings. The molecular formula is C13H20FN3O3. The van der Waals surface area contributed by atoms with Crippen molar-refractivity contribution in [1.82, 2.24) is 9.55 Å². The van der Waals surface area contributed by atoms with E-state index >= 15 is 0 Å². The van der Waals surface area contributed by atoms with Crippen molar-refractivity contribution >= 4 is 5.82 Å². The van der Waals surface area contributed by atoms with Crippen LogP contribution in [0.1, 0.15) is 27.0 Å². The molecule has 3 N–H and O–H groups in total. The van der Waals surface area contributed by atoms with Crippen LogP contribution in [0.25, 0.3) is 0 Å². The minimum absolute atomic E-state index is 0.0748. The van der Waals surface area contributed by atoms with Gasteiger partial charge >= 0.3 is 5.69 Å². The maximum absolute atomic E-state index is 14.7. The second kappa shape index (κ2) is 5.14. The minimum atomic E-state index is -1.41. The van der Waals surface area contributed by atoms with Crippen molar-refractivity contribution in [3.05, 3.63) is 22.7 Å². The van der Waals surface area contributed by atoms with E-state index in [-0.39, 0.29) is 12.4 Å². The van der Waals surface area contributed by atoms with Gasteiger partial charge in [-0.15, -0.1) is 0 Å². The average molecular weight is 285 g/mol. The second-order valence-electron chi connectivity index (χ2n) is 6.13. The average Bonchev–Trinajstić information content (AvgIpc) is 2.66. The van der Waals surface area contributed by atoms with Crippen LogP contribution in [0.5, 0.6) is 0 Å². The molecule has 4 unspecified atom stereocenters. The fourth-order valence-corrected chi connectivity index (χ4v) is 2.75. The van der Waals surface area contributed by atoms with Crippen molar-refractivity contribution in [2.45, 2.75) is 39.3 Å². The van der Waals surface area contributed by atoms with E-state index in [1.807, 2.05) is 20.8 Å². The van der Waals surface area contributed by atoms with Gasteiger partial charge in [0.25, 0.3) is 0 Å². The lowest BCUT2D eigenvalue weighted by Gasteiger charge is -2.31. The number of ether oxygens (including phenoxy) is 1. The topological polar surface area (TPSA) is 90.4 Å². The fourth-order valence-electron chi connectivity index (χ4n) is 2.75. The first-order chi connectivity index (χ1) is 9.25. The monoisotopic (exact) mass is 285 g/mol. The molecule has 6 nitrogen and oxygen atoms in total. The summed E-state index contributed by atoms with van der Waals surface area (Å²) in [6, 6.07) is 1.41. The summed E-state index contributed by atoms with van der Waals surface area (Å²) in [6.45, 7) is 5.34. The Kier molecular flexibility index (Phi) is 3.84. The van der Waals surface area contributed by atoms with E-state index in [9.17, 15) is 14.3 Å². The van der Waals surface area contributed by atoms with Crippen LogP contribution in [0.3, 0.4) is 0 Å². The number of alkyl halides is 1. The molecule has 0 aromatic carbocycles. The summed E-state index contributed by atoms with van der Waals surface area (Å²) in [7, 11) is 0. The molecule has 0 bridgehead atoms. The van der Waals surface area contributed by atoms with E-state index in [1.54, 1.807) is 0 Å². The Morgan fingerprint density at radius 3 is 2.65 bits per heavy atom. The van der Waals surface area contributed by atoms with E-state index < -0.39 is 35.5 Å². The maximum atomic E-state index is 14.7. The Labute approximate surface area is 116 Å². The predicted molar refractivity (Wildman–Crippen MR) is 71.7 cm³/mol. The third-order valence-corrected chi connectivity index (χ3v) is 3.64. The van der Waals surface area contributed by atoms with Crippen LogP contribution in [0.2, 0.25) is 0 Å². The number of nitrogens with two attached hydrogens (primary N) is 1. The molecule has 2 heterocycles. The maximum Gasteiger partial charge on any atom is 0.351 e. The molecule has 1 saturated heterocycles. The summed E-state index contributed by atoms with van der Waals surface area (Å²) in [6.07, 6.45) is -1.78. The normalized spacial score (nSPS) is 30.6. The zero-order valence-corrected chi connectivity index (χ0v) is 11.8. The molecule has 4 atom stereocenters. The number of nitrogen functional groups attached to an aromatic ring is 1. The molecular weight excluding hydrogens is 265 g/mol. The summed E-state index contributed by atoms with van der Waals surface area (Å²) in [4.78, 5) is 15.4. The molecule has 1 aliphatic heterocycles. The van der Waals surface area contributed by atoms with Crippen LogP contribution in [0.4, 0.5) is 10.2 Å². The van der Waals surface area contributed by atoms with Crippen LogP contribution in [0.15, 0.2) is 17.1 Å². The quantitative estimate of drug-likeness (QED) is 0.835. The lowest BCUT2D eigenvalue weighted by molar-refractivity contribution is -0.0468. The number of aliphatic hydroxyl groups is 1. The van der Waals surface area contributed by atoms with Gasteiger partial charge in [0.2, 0.25) is 0 Å². The van der Waals surface area contributed by atoms with Crippen LogP contribution < -0.4 is 11.4 Å². The van der Waals surface area contributed by atoms with E-state index in [1.165, 1.54) is 12.3 Å². The van der Waals surface area contributed by atoms with Gasteiger partial charge in [-0.1, -0.05) is 20.8 Å². The van der Waals surface area contributed by atoms with Gasteiger partial charge in [0.15, 0.2) is 12.4 Å². The number of aliphatic hydroxyl groups excluding tert-OH is 1. The molecule has 0 radical (unpaired) electrons. The first kappa shape index (κ1) is 14.9. The molecule has 2 rings (SSSR count). The molecule has 0 spiro atoms. The van der Waals surface area contributed by atoms with E-state index in [4.69, 9.17) is 10.5 Å². The van der Waals surface area contributed by atoms with Crippen molar-refractivity contribution in [3.63, 3.8) is 0 Å². The summed E-state index contributed by atoms with van der Waals surface area (Å²) in [5, 5.41) is 9.38. The minimum Gasteiger partial charge on any atom is -0.394 e. The van der Waals surface area contributed by atoms with Gasteiger partial charge in [-0.3, -0.25) is 4.57 Å². The molecule has 0 amide bonds. The molecule has 1 fully saturated rings. The number of rotatable bonds is 2. The number of halogens is 1. The van der Waals surface area contributed by atoms with E-state index in [0.717, 1.165) is 4.57 Å². The Bertz CT molecular complexity index is 540. The standard InChI is InChI=1S/C13H20FN3O3/c1-13(2,3)9-7(6-18)20-11(10(9)14)17-5-4-8(15)16-12(17)19/h4-5,7,9-11,18H,6H2,1-3H3,(H2,15,16,19). The van der Waals surface area contributed by atoms with Crippen molar-refractivity contribution < 1.29 is 14.2 Å². The highest BCUT2D eigenvalue weighted by Crippen LogP contribution is 2.44. The number of hydrogen-bond donors (Lipinski definition) is 2. The Hall–Kier alpha value is -1.47. The molecule has 7 heteroatoms. The van der Waals surface area contributed by atoms with Crippen molar-refractivity contribution in [2.75, 3.05) is 12.3 Å². The lowest BCUT2D eigenvalue weighted by Crippen LogP contribution is -2.37. The third kappa shape index (κ3) is 2.55. The summed E-state index contributed by atoms with van der Waals surface area (Å²) < 4.78 is 21.3. The first-order valence-electron chi connectivity index (χ1n) is 6.50. The Balaban J connectivity index is 2.37. The van der Waals surface area contributed by atoms with Crippen LogP contribution in [-0.4, -0.2) is 33.5 Å². The number of hydrogen-bond acceptors (Lipinski definition) is 5. The fraction of sp³-hybridized carbons (Fsp3) is 0.692. The van der Waals surface area contributed by atoms with Crippen molar-refractivity contribution in [1.29, 1.82) is 0 Å². The van der Waals surface area contributed by atoms with Gasteiger partial charge in [0, 0.05) is 12.1 Å². The van der Waals surface area contributed by atoms with Crippen LogP contribution in [-0.2, 0) is 4.74 Å². The smallest absolute Gasteiger partial charge is 0.351 e. The lowest BCUT2D eigenvalue weighted by atomic mass is 9.75. The van der Waals surface area contributed by atoms with Gasteiger partial charge in [-0.2, -0.15) is 4.98 Å². The van der Waals surface area contributed by atoms with Crippen molar-refractivity contribution in [3.8, 4) is 0 Å². The van der Waals surface area contributed by atoms with Gasteiger partial charge in [0.05, 0.1) is 12.7 Å². The first-order valence-corrected chi connectivity index (χ1v) is 6.50. The highest BCUT2D eigenvalue weighted by Gasteiger charge is 2.50. The zero-order valence-electron chi connectivity index (χ0n) is 11.8. The molecule has 0 saturated carbocycles. The number of aromatic nitrogens is 2. The highest BCUT2D eigenvalue weighted by atomic mass is 19.1. The van der Waals surface area contributed by atoms with E-state index in [0.29, 0.717) is 0 Å². The summed E-state index contributed by atoms with van der Waals surface area (Å²) in [5.41, 5.74) is 4.35. The Morgan fingerprint density at radius 1 is 1.55 bits per heavy atom. The number of anilines is 1. The summed E-state index contributed by atoms with van der Waals surface area (Å²) in [5.74, 6) is -0.437. The van der Waals surface area contributed by atoms with Gasteiger partial charge < -0.3 is 15.6 Å². The SMILES string of the molecule is CC(C)(C)C1C(CO)OC(n2ccc(N)nc2=O)C1F. The molecule has 1 aliphatic rings. The third-order valence-electron chi connectivity index (χ3n) is 3.64. The van der Waals surface area contributed by atoms with Gasteiger partial charge in [0.1, 0.15) is 5.82 Å². The predicted octanol–water partition coefficient (Wildman–Crippen LogP) is 0.716. The highest BCUT2D eigenvalue weighted by molar-refractivity contribution is 5.23. The van der Waals surface area contributed by atoms with E-state index in [2.05, 4.69) is 4.98 Å². The second-order valence-corrected chi connectivity index (χ2v) is 6.13. The van der Waals surface area contributed by atoms with Crippen LogP contribution in [0, 0.1) is 11.3 Å². The largest absolute Gasteiger partial charge is 0.394 e. The Morgan fingerprint density at radius 2 is 2.20 bits per heavy atom. The number of nitrogens with zero attached hydrogens (tertiary/aromatic N) is 2.